The van der Waals surface area contributed by atoms with Crippen molar-refractivity contribution in [3.05, 3.63) is 192 Å². The lowest BCUT2D eigenvalue weighted by Gasteiger charge is -2.39. The molecule has 1 spiro atoms. The lowest BCUT2D eigenvalue weighted by Crippen LogP contribution is -2.32. The largest absolute Gasteiger partial charge is 0.309 e. The van der Waals surface area contributed by atoms with Crippen LogP contribution in [0.4, 0.5) is 0 Å². The minimum absolute atomic E-state index is 0.643. The van der Waals surface area contributed by atoms with Crippen LogP contribution >= 0.6 is 11.8 Å². The Hall–Kier alpha value is -6.94. The number of fused-ring (bicyclic) bond motifs is 15. The molecule has 1 unspecified atom stereocenters. The highest BCUT2D eigenvalue weighted by Crippen LogP contribution is 2.62. The molecule has 12 rings (SSSR count). The van der Waals surface area contributed by atoms with Gasteiger partial charge in [-0.2, -0.15) is 5.26 Å². The predicted molar refractivity (Wildman–Crippen MR) is 217 cm³/mol. The monoisotopic (exact) mass is 705 g/mol. The van der Waals surface area contributed by atoms with Crippen LogP contribution in [0.15, 0.2) is 174 Å². The average molecular weight is 706 g/mol. The van der Waals surface area contributed by atoms with Crippen LogP contribution in [0, 0.1) is 11.3 Å². The van der Waals surface area contributed by atoms with E-state index in [-0.39, 0.29) is 0 Å². The van der Waals surface area contributed by atoms with Gasteiger partial charge in [-0.05, 0) is 89.5 Å². The highest BCUT2D eigenvalue weighted by atomic mass is 32.2. The molecule has 1 aliphatic carbocycles. The zero-order chi connectivity index (χ0) is 35.5. The molecule has 250 valence electrons. The van der Waals surface area contributed by atoms with E-state index in [0.29, 0.717) is 5.56 Å². The quantitative estimate of drug-likeness (QED) is 0.180. The molecular formula is C48H27N5S. The Morgan fingerprint density at radius 1 is 0.481 bits per heavy atom. The van der Waals surface area contributed by atoms with E-state index in [4.69, 9.17) is 9.97 Å². The van der Waals surface area contributed by atoms with Crippen LogP contribution in [0.25, 0.3) is 66.4 Å². The second-order valence-corrected chi connectivity index (χ2v) is 15.2. The topological polar surface area (TPSA) is 59.4 Å². The SMILES string of the molecule is N#Cc1ccc2c(c1)c1ccccc1n2-c1cnc2c(c1)C1(c3ccccc3Sc3ccc(-n4c5ccccc5c5ccccc54)cc31)c1cccnc1-2. The lowest BCUT2D eigenvalue weighted by molar-refractivity contribution is 0.717. The zero-order valence-corrected chi connectivity index (χ0v) is 29.5. The first kappa shape index (κ1) is 29.6. The fourth-order valence-electron chi connectivity index (χ4n) is 9.36. The number of pyridine rings is 2. The summed E-state index contributed by atoms with van der Waals surface area (Å²) >= 11 is 1.83. The maximum Gasteiger partial charge on any atom is 0.0991 e. The Morgan fingerprint density at radius 3 is 1.83 bits per heavy atom. The van der Waals surface area contributed by atoms with Crippen molar-refractivity contribution in [3.8, 4) is 28.8 Å². The van der Waals surface area contributed by atoms with Gasteiger partial charge in [-0.1, -0.05) is 90.6 Å². The van der Waals surface area contributed by atoms with Gasteiger partial charge in [0.2, 0.25) is 0 Å². The van der Waals surface area contributed by atoms with Gasteiger partial charge >= 0.3 is 0 Å². The van der Waals surface area contributed by atoms with Gasteiger partial charge in [0, 0.05) is 48.8 Å². The molecule has 5 nitrogen and oxygen atoms in total. The van der Waals surface area contributed by atoms with Gasteiger partial charge in [0.15, 0.2) is 0 Å². The summed E-state index contributed by atoms with van der Waals surface area (Å²) in [5.74, 6) is 0. The second-order valence-electron chi connectivity index (χ2n) is 14.1. The second kappa shape index (κ2) is 10.8. The molecule has 2 aliphatic rings. The zero-order valence-electron chi connectivity index (χ0n) is 28.7. The summed E-state index contributed by atoms with van der Waals surface area (Å²) in [7, 11) is 0. The molecule has 1 atom stereocenters. The molecule has 0 saturated carbocycles. The Labute approximate surface area is 314 Å². The average Bonchev–Trinajstić information content (AvgIpc) is 3.85. The van der Waals surface area contributed by atoms with E-state index in [2.05, 4.69) is 155 Å². The van der Waals surface area contributed by atoms with Gasteiger partial charge in [0.1, 0.15) is 0 Å². The molecule has 0 radical (unpaired) electrons. The molecule has 0 bridgehead atoms. The number of nitriles is 1. The van der Waals surface area contributed by atoms with Crippen molar-refractivity contribution >= 4 is 55.4 Å². The van der Waals surface area contributed by atoms with E-state index < -0.39 is 5.41 Å². The molecule has 0 fully saturated rings. The Morgan fingerprint density at radius 2 is 1.07 bits per heavy atom. The third kappa shape index (κ3) is 3.73. The van der Waals surface area contributed by atoms with Crippen molar-refractivity contribution in [1.82, 2.24) is 19.1 Å². The molecule has 6 heteroatoms. The van der Waals surface area contributed by atoms with Crippen molar-refractivity contribution in [1.29, 1.82) is 5.26 Å². The van der Waals surface area contributed by atoms with E-state index in [0.717, 1.165) is 55.7 Å². The summed E-state index contributed by atoms with van der Waals surface area (Å²) in [5.41, 5.74) is 13.0. The van der Waals surface area contributed by atoms with E-state index in [1.807, 2.05) is 36.3 Å². The minimum Gasteiger partial charge on any atom is -0.309 e. The summed E-state index contributed by atoms with van der Waals surface area (Å²) in [6, 6.07) is 56.6. The van der Waals surface area contributed by atoms with Crippen LogP contribution < -0.4 is 0 Å². The van der Waals surface area contributed by atoms with Crippen LogP contribution in [0.1, 0.15) is 27.8 Å². The molecule has 1 aliphatic heterocycles. The van der Waals surface area contributed by atoms with Gasteiger partial charge < -0.3 is 9.13 Å². The van der Waals surface area contributed by atoms with E-state index in [1.54, 1.807) is 0 Å². The molecule has 6 aromatic carbocycles. The van der Waals surface area contributed by atoms with Crippen LogP contribution in [0.5, 0.6) is 0 Å². The molecule has 0 amide bonds. The first-order valence-electron chi connectivity index (χ1n) is 18.0. The Kier molecular flexibility index (Phi) is 5.92. The molecule has 10 aromatic rings. The molecule has 0 saturated heterocycles. The third-order valence-electron chi connectivity index (χ3n) is 11.5. The highest BCUT2D eigenvalue weighted by molar-refractivity contribution is 7.99. The smallest absolute Gasteiger partial charge is 0.0991 e. The maximum absolute atomic E-state index is 9.79. The Bertz CT molecular complexity index is 3240. The highest BCUT2D eigenvalue weighted by Gasteiger charge is 2.52. The number of para-hydroxylation sites is 3. The van der Waals surface area contributed by atoms with Crippen molar-refractivity contribution in [3.63, 3.8) is 0 Å². The molecule has 4 aromatic heterocycles. The Balaban J connectivity index is 1.19. The van der Waals surface area contributed by atoms with Gasteiger partial charge in [0.25, 0.3) is 0 Å². The molecule has 5 heterocycles. The predicted octanol–water partition coefficient (Wildman–Crippen LogP) is 11.4. The van der Waals surface area contributed by atoms with Crippen LogP contribution in [0.3, 0.4) is 0 Å². The fourth-order valence-corrected chi connectivity index (χ4v) is 10.5. The molecule has 54 heavy (non-hydrogen) atoms. The standard InChI is InChI=1S/C48H27N5S/c49-27-29-19-21-43-35(24-29)34-12-3-7-17-42(34)53(43)31-26-39-47(51-28-31)46-37(14-9-23-50-46)48(39)36-13-4-8-18-44(36)54-45-22-20-30(25-38(45)48)52-40-15-5-1-10-32(40)33-11-2-6-16-41(33)52/h1-26,28H. The molecule has 0 N–H and O–H groups in total. The fraction of sp³-hybridized carbons (Fsp3) is 0.0208. The van der Waals surface area contributed by atoms with Crippen molar-refractivity contribution in [2.75, 3.05) is 0 Å². The van der Waals surface area contributed by atoms with Crippen LogP contribution in [-0.2, 0) is 5.41 Å². The summed E-state index contributed by atoms with van der Waals surface area (Å²) in [5, 5.41) is 14.4. The lowest BCUT2D eigenvalue weighted by atomic mass is 9.67. The number of rotatable bonds is 2. The summed E-state index contributed by atoms with van der Waals surface area (Å²) in [6.45, 7) is 0. The molecular weight excluding hydrogens is 679 g/mol. The first-order valence-corrected chi connectivity index (χ1v) is 18.9. The summed E-state index contributed by atoms with van der Waals surface area (Å²) in [4.78, 5) is 12.8. The van der Waals surface area contributed by atoms with Crippen molar-refractivity contribution < 1.29 is 0 Å². The minimum atomic E-state index is -0.680. The van der Waals surface area contributed by atoms with Crippen molar-refractivity contribution in [2.24, 2.45) is 0 Å². The van der Waals surface area contributed by atoms with Crippen LogP contribution in [-0.4, -0.2) is 19.1 Å². The van der Waals surface area contributed by atoms with Gasteiger partial charge in [-0.25, -0.2) is 0 Å². The maximum atomic E-state index is 9.79. The number of hydrogen-bond donors (Lipinski definition) is 0. The van der Waals surface area contributed by atoms with E-state index >= 15 is 0 Å². The van der Waals surface area contributed by atoms with E-state index in [9.17, 15) is 5.26 Å². The first-order chi connectivity index (χ1) is 26.7. The summed E-state index contributed by atoms with van der Waals surface area (Å²) in [6.07, 6.45) is 3.87. The number of aromatic nitrogens is 4. The number of hydrogen-bond acceptors (Lipinski definition) is 4. The normalized spacial score (nSPS) is 15.4. The summed E-state index contributed by atoms with van der Waals surface area (Å²) < 4.78 is 4.70. The van der Waals surface area contributed by atoms with Gasteiger partial charge in [-0.3, -0.25) is 9.97 Å². The van der Waals surface area contributed by atoms with Gasteiger partial charge in [0.05, 0.1) is 62.4 Å². The van der Waals surface area contributed by atoms with Crippen LogP contribution in [0.2, 0.25) is 0 Å². The van der Waals surface area contributed by atoms with Crippen molar-refractivity contribution in [2.45, 2.75) is 15.2 Å². The third-order valence-corrected chi connectivity index (χ3v) is 12.6. The number of benzene rings is 6. The number of nitrogens with zero attached hydrogens (tertiary/aromatic N) is 5. The van der Waals surface area contributed by atoms with Gasteiger partial charge in [-0.15, -0.1) is 0 Å². The van der Waals surface area contributed by atoms with E-state index in [1.165, 1.54) is 42.7 Å².